The normalized spacial score (nSPS) is 17.5. The van der Waals surface area contributed by atoms with E-state index in [0.717, 1.165) is 19.5 Å². The van der Waals surface area contributed by atoms with Crippen LogP contribution >= 0.6 is 11.3 Å². The zero-order chi connectivity index (χ0) is 16.8. The first-order chi connectivity index (χ1) is 11.8. The first-order valence-corrected chi connectivity index (χ1v) is 9.19. The van der Waals surface area contributed by atoms with Crippen LogP contribution in [-0.4, -0.2) is 29.9 Å². The molecule has 0 bridgehead atoms. The van der Waals surface area contributed by atoms with Crippen LogP contribution in [-0.2, 0) is 11.2 Å². The number of hydrogen-bond acceptors (Lipinski definition) is 4. The molecule has 1 unspecified atom stereocenters. The molecule has 1 aromatic carbocycles. The average molecular weight is 339 g/mol. The van der Waals surface area contributed by atoms with E-state index in [0.29, 0.717) is 23.0 Å². The topological polar surface area (TPSA) is 56.1 Å². The van der Waals surface area contributed by atoms with Crippen molar-refractivity contribution in [3.05, 3.63) is 52.9 Å². The second kappa shape index (κ2) is 8.09. The Kier molecular flexibility index (Phi) is 5.63. The number of benzene rings is 1. The summed E-state index contributed by atoms with van der Waals surface area (Å²) in [7, 11) is 0. The molecule has 1 amide bonds. The van der Waals surface area contributed by atoms with Gasteiger partial charge in [-0.3, -0.25) is 9.69 Å². The molecule has 2 heterocycles. The summed E-state index contributed by atoms with van der Waals surface area (Å²) in [6, 6.07) is 14.9. The molecule has 124 valence electrons. The minimum Gasteiger partial charge on any atom is -0.317 e. The lowest BCUT2D eigenvalue weighted by molar-refractivity contribution is -0.116. The lowest BCUT2D eigenvalue weighted by atomic mass is 10.0. The third-order valence-corrected chi connectivity index (χ3v) is 5.31. The Morgan fingerprint density at radius 1 is 1.33 bits per heavy atom. The highest BCUT2D eigenvalue weighted by molar-refractivity contribution is 7.14. The third kappa shape index (κ3) is 4.22. The van der Waals surface area contributed by atoms with Crippen LogP contribution in [0.4, 0.5) is 5.00 Å². The minimum atomic E-state index is -0.0145. The maximum Gasteiger partial charge on any atom is 0.226 e. The fraction of sp³-hybridized carbons (Fsp3) is 0.368. The number of amides is 1. The molecule has 24 heavy (non-hydrogen) atoms. The summed E-state index contributed by atoms with van der Waals surface area (Å²) in [6.07, 6.45) is 3.91. The molecule has 1 N–H and O–H groups in total. The van der Waals surface area contributed by atoms with Gasteiger partial charge in [0.1, 0.15) is 11.1 Å². The van der Waals surface area contributed by atoms with E-state index in [1.165, 1.54) is 29.7 Å². The second-order valence-electron chi connectivity index (χ2n) is 6.10. The van der Waals surface area contributed by atoms with E-state index in [2.05, 4.69) is 40.6 Å². The van der Waals surface area contributed by atoms with Gasteiger partial charge in [0.15, 0.2) is 0 Å². The van der Waals surface area contributed by atoms with Crippen molar-refractivity contribution in [2.45, 2.75) is 31.7 Å². The highest BCUT2D eigenvalue weighted by Crippen LogP contribution is 2.23. The molecule has 1 fully saturated rings. The van der Waals surface area contributed by atoms with Gasteiger partial charge in [-0.25, -0.2) is 0 Å². The van der Waals surface area contributed by atoms with E-state index in [9.17, 15) is 4.79 Å². The van der Waals surface area contributed by atoms with Gasteiger partial charge in [0, 0.05) is 19.0 Å². The van der Waals surface area contributed by atoms with Crippen LogP contribution in [0.2, 0.25) is 0 Å². The summed E-state index contributed by atoms with van der Waals surface area (Å²) in [4.78, 5) is 14.6. The number of likely N-dealkylation sites (tertiary alicyclic amines) is 1. The second-order valence-corrected chi connectivity index (χ2v) is 7.01. The Morgan fingerprint density at radius 3 is 2.96 bits per heavy atom. The van der Waals surface area contributed by atoms with Gasteiger partial charge in [-0.1, -0.05) is 30.3 Å². The Morgan fingerprint density at radius 2 is 2.17 bits per heavy atom. The SMILES string of the molecule is N#Cc1ccsc1NC(=O)CCN1CCCC1Cc1ccccc1. The van der Waals surface area contributed by atoms with Crippen molar-refractivity contribution in [1.29, 1.82) is 5.26 Å². The number of nitrogens with zero attached hydrogens (tertiary/aromatic N) is 2. The van der Waals surface area contributed by atoms with Crippen molar-refractivity contribution >= 4 is 22.2 Å². The van der Waals surface area contributed by atoms with Crippen LogP contribution in [0, 0.1) is 11.3 Å². The summed E-state index contributed by atoms with van der Waals surface area (Å²) < 4.78 is 0. The summed E-state index contributed by atoms with van der Waals surface area (Å²) in [6.45, 7) is 1.84. The number of rotatable bonds is 6. The fourth-order valence-electron chi connectivity index (χ4n) is 3.24. The van der Waals surface area contributed by atoms with Crippen molar-refractivity contribution in [2.24, 2.45) is 0 Å². The fourth-order valence-corrected chi connectivity index (χ4v) is 3.99. The van der Waals surface area contributed by atoms with Gasteiger partial charge < -0.3 is 5.32 Å². The molecule has 4 nitrogen and oxygen atoms in total. The van der Waals surface area contributed by atoms with Crippen molar-refractivity contribution in [3.63, 3.8) is 0 Å². The van der Waals surface area contributed by atoms with E-state index in [4.69, 9.17) is 5.26 Å². The van der Waals surface area contributed by atoms with Crippen molar-refractivity contribution in [1.82, 2.24) is 4.90 Å². The summed E-state index contributed by atoms with van der Waals surface area (Å²) >= 11 is 1.39. The largest absolute Gasteiger partial charge is 0.317 e. The van der Waals surface area contributed by atoms with Crippen LogP contribution in [0.15, 0.2) is 41.8 Å². The lowest BCUT2D eigenvalue weighted by Gasteiger charge is -2.24. The molecular formula is C19H21N3OS. The van der Waals surface area contributed by atoms with Gasteiger partial charge in [-0.2, -0.15) is 5.26 Å². The van der Waals surface area contributed by atoms with Gasteiger partial charge in [0.05, 0.1) is 5.56 Å². The maximum absolute atomic E-state index is 12.2. The zero-order valence-corrected chi connectivity index (χ0v) is 14.4. The minimum absolute atomic E-state index is 0.0145. The van der Waals surface area contributed by atoms with E-state index >= 15 is 0 Å². The molecule has 5 heteroatoms. The number of carbonyl (C=O) groups excluding carboxylic acids is 1. The molecule has 0 spiro atoms. The number of anilines is 1. The highest BCUT2D eigenvalue weighted by atomic mass is 32.1. The van der Waals surface area contributed by atoms with Crippen molar-refractivity contribution in [3.8, 4) is 6.07 Å². The molecule has 0 aliphatic carbocycles. The van der Waals surface area contributed by atoms with E-state index in [1.807, 2.05) is 11.4 Å². The predicted octanol–water partition coefficient (Wildman–Crippen LogP) is 3.66. The van der Waals surface area contributed by atoms with Gasteiger partial charge >= 0.3 is 0 Å². The van der Waals surface area contributed by atoms with Crippen molar-refractivity contribution in [2.75, 3.05) is 18.4 Å². The van der Waals surface area contributed by atoms with Crippen LogP contribution in [0.1, 0.15) is 30.4 Å². The third-order valence-electron chi connectivity index (χ3n) is 4.48. The Balaban J connectivity index is 1.50. The van der Waals surface area contributed by atoms with Crippen LogP contribution < -0.4 is 5.32 Å². The number of carbonyl (C=O) groups is 1. The predicted molar refractivity (Wildman–Crippen MR) is 97.0 cm³/mol. The Bertz CT molecular complexity index is 720. The molecule has 1 atom stereocenters. The smallest absolute Gasteiger partial charge is 0.226 e. The van der Waals surface area contributed by atoms with Crippen LogP contribution in [0.3, 0.4) is 0 Å². The number of thiophene rings is 1. The molecule has 1 saturated heterocycles. The van der Waals surface area contributed by atoms with E-state index < -0.39 is 0 Å². The number of nitriles is 1. The van der Waals surface area contributed by atoms with Crippen LogP contribution in [0.5, 0.6) is 0 Å². The van der Waals surface area contributed by atoms with Crippen molar-refractivity contribution < 1.29 is 4.79 Å². The van der Waals surface area contributed by atoms with Crippen LogP contribution in [0.25, 0.3) is 0 Å². The van der Waals surface area contributed by atoms with E-state index in [1.54, 1.807) is 6.07 Å². The molecule has 2 aromatic rings. The standard InChI is InChI=1S/C19H21N3OS/c20-14-16-9-12-24-19(16)21-18(23)8-11-22-10-4-7-17(22)13-15-5-2-1-3-6-15/h1-3,5-6,9,12,17H,4,7-8,10-11,13H2,(H,21,23). The molecule has 0 saturated carbocycles. The molecule has 1 aliphatic heterocycles. The molecule has 1 aromatic heterocycles. The molecule has 1 aliphatic rings. The monoisotopic (exact) mass is 339 g/mol. The number of hydrogen-bond donors (Lipinski definition) is 1. The molecular weight excluding hydrogens is 318 g/mol. The summed E-state index contributed by atoms with van der Waals surface area (Å²) in [5.74, 6) is -0.0145. The Labute approximate surface area is 146 Å². The first-order valence-electron chi connectivity index (χ1n) is 8.31. The quantitative estimate of drug-likeness (QED) is 0.874. The molecule has 3 rings (SSSR count). The lowest BCUT2D eigenvalue weighted by Crippen LogP contribution is -2.33. The zero-order valence-electron chi connectivity index (χ0n) is 13.6. The van der Waals surface area contributed by atoms with Gasteiger partial charge in [0.25, 0.3) is 0 Å². The Hall–Kier alpha value is -2.16. The maximum atomic E-state index is 12.2. The molecule has 0 radical (unpaired) electrons. The summed E-state index contributed by atoms with van der Waals surface area (Å²) in [5, 5.41) is 14.3. The first kappa shape index (κ1) is 16.7. The average Bonchev–Trinajstić information content (AvgIpc) is 3.23. The highest BCUT2D eigenvalue weighted by Gasteiger charge is 2.24. The number of nitrogens with one attached hydrogen (secondary N) is 1. The van der Waals surface area contributed by atoms with Gasteiger partial charge in [-0.15, -0.1) is 11.3 Å². The van der Waals surface area contributed by atoms with Gasteiger partial charge in [0.2, 0.25) is 5.91 Å². The summed E-state index contributed by atoms with van der Waals surface area (Å²) in [5.41, 5.74) is 1.90. The van der Waals surface area contributed by atoms with Gasteiger partial charge in [-0.05, 0) is 42.8 Å². The van der Waals surface area contributed by atoms with E-state index in [-0.39, 0.29) is 5.91 Å².